The maximum Gasteiger partial charge on any atom is 0.154 e. The second-order valence-electron chi connectivity index (χ2n) is 5.30. The molecule has 0 bridgehead atoms. The third-order valence-corrected chi connectivity index (χ3v) is 6.10. The minimum atomic E-state index is -3.13. The molecule has 0 aliphatic carbocycles. The number of hydrogen-bond donors (Lipinski definition) is 1. The molecule has 4 nitrogen and oxygen atoms in total. The summed E-state index contributed by atoms with van der Waals surface area (Å²) in [6.07, 6.45) is 1.59. The van der Waals surface area contributed by atoms with Crippen molar-refractivity contribution in [3.63, 3.8) is 0 Å². The minimum Gasteiger partial charge on any atom is -0.496 e. The Labute approximate surface area is 128 Å². The molecule has 0 aromatic heterocycles. The van der Waals surface area contributed by atoms with Gasteiger partial charge < -0.3 is 10.1 Å². The lowest BCUT2D eigenvalue weighted by molar-refractivity contribution is 0.401. The molecule has 0 radical (unpaired) electrons. The molecule has 2 atom stereocenters. The van der Waals surface area contributed by atoms with Gasteiger partial charge in [0.2, 0.25) is 0 Å². The van der Waals surface area contributed by atoms with Crippen molar-refractivity contribution < 1.29 is 13.2 Å². The third kappa shape index (κ3) is 5.00. The normalized spacial score (nSPS) is 14.7. The summed E-state index contributed by atoms with van der Waals surface area (Å²) in [5.74, 6) is 0.827. The van der Waals surface area contributed by atoms with Crippen LogP contribution in [0.15, 0.2) is 24.3 Å². The molecule has 5 heteroatoms. The van der Waals surface area contributed by atoms with E-state index in [1.165, 1.54) is 0 Å². The summed E-state index contributed by atoms with van der Waals surface area (Å²) in [7, 11) is -1.52. The summed E-state index contributed by atoms with van der Waals surface area (Å²) in [6, 6.07) is 7.36. The van der Waals surface area contributed by atoms with Crippen molar-refractivity contribution in [2.45, 2.75) is 44.9 Å². The Balaban J connectivity index is 3.06. The molecule has 0 saturated heterocycles. The Morgan fingerprint density at radius 2 is 1.90 bits per heavy atom. The predicted molar refractivity (Wildman–Crippen MR) is 87.6 cm³/mol. The molecular weight excluding hydrogens is 286 g/mol. The van der Waals surface area contributed by atoms with Gasteiger partial charge in [0.1, 0.15) is 5.75 Å². The standard InChI is InChI=1S/C16H27NO3S/c1-5-11-17-15(12-21(18,19)13(3)6-2)14-9-7-8-10-16(14)20-4/h7-10,13,15,17H,5-6,11-12H2,1-4H3. The van der Waals surface area contributed by atoms with Gasteiger partial charge in [-0.25, -0.2) is 8.42 Å². The van der Waals surface area contributed by atoms with E-state index in [9.17, 15) is 8.42 Å². The van der Waals surface area contributed by atoms with Gasteiger partial charge in [0.05, 0.1) is 18.1 Å². The van der Waals surface area contributed by atoms with E-state index in [4.69, 9.17) is 4.74 Å². The van der Waals surface area contributed by atoms with Crippen LogP contribution in [0, 0.1) is 0 Å². The average molecular weight is 313 g/mol. The molecule has 2 unspecified atom stereocenters. The number of ether oxygens (including phenoxy) is 1. The number of nitrogens with one attached hydrogen (secondary N) is 1. The summed E-state index contributed by atoms with van der Waals surface area (Å²) < 4.78 is 30.2. The monoisotopic (exact) mass is 313 g/mol. The first-order valence-corrected chi connectivity index (χ1v) is 9.25. The Morgan fingerprint density at radius 3 is 2.48 bits per heavy atom. The van der Waals surface area contributed by atoms with Gasteiger partial charge in [-0.3, -0.25) is 0 Å². The van der Waals surface area contributed by atoms with Crippen LogP contribution in [-0.4, -0.2) is 33.1 Å². The van der Waals surface area contributed by atoms with Crippen LogP contribution in [0.25, 0.3) is 0 Å². The topological polar surface area (TPSA) is 55.4 Å². The molecule has 21 heavy (non-hydrogen) atoms. The highest BCUT2D eigenvalue weighted by molar-refractivity contribution is 7.92. The zero-order chi connectivity index (χ0) is 15.9. The van der Waals surface area contributed by atoms with Crippen LogP contribution < -0.4 is 10.1 Å². The summed E-state index contributed by atoms with van der Waals surface area (Å²) in [5, 5.41) is 3.02. The zero-order valence-corrected chi connectivity index (χ0v) is 14.2. The number of methoxy groups -OCH3 is 1. The second-order valence-corrected chi connectivity index (χ2v) is 7.76. The van der Waals surface area contributed by atoms with Crippen molar-refractivity contribution in [1.82, 2.24) is 5.32 Å². The fourth-order valence-electron chi connectivity index (χ4n) is 2.18. The maximum atomic E-state index is 12.4. The lowest BCUT2D eigenvalue weighted by atomic mass is 10.1. The fraction of sp³-hybridized carbons (Fsp3) is 0.625. The first-order valence-electron chi connectivity index (χ1n) is 7.54. The van der Waals surface area contributed by atoms with E-state index in [0.29, 0.717) is 6.42 Å². The molecule has 0 amide bonds. The lowest BCUT2D eigenvalue weighted by Gasteiger charge is -2.22. The van der Waals surface area contributed by atoms with Crippen LogP contribution in [0.2, 0.25) is 0 Å². The van der Waals surface area contributed by atoms with Crippen LogP contribution in [0.4, 0.5) is 0 Å². The van der Waals surface area contributed by atoms with Gasteiger partial charge in [0.15, 0.2) is 9.84 Å². The van der Waals surface area contributed by atoms with Gasteiger partial charge in [0, 0.05) is 11.6 Å². The average Bonchev–Trinajstić information content (AvgIpc) is 2.50. The SMILES string of the molecule is CCCNC(CS(=O)(=O)C(C)CC)c1ccccc1OC. The first kappa shape index (κ1) is 18.0. The van der Waals surface area contributed by atoms with Crippen molar-refractivity contribution in [3.8, 4) is 5.75 Å². The van der Waals surface area contributed by atoms with Gasteiger partial charge >= 0.3 is 0 Å². The van der Waals surface area contributed by atoms with E-state index in [0.717, 1.165) is 24.3 Å². The maximum absolute atomic E-state index is 12.4. The van der Waals surface area contributed by atoms with E-state index in [1.807, 2.05) is 31.2 Å². The second kappa shape index (κ2) is 8.39. The van der Waals surface area contributed by atoms with Crippen LogP contribution in [0.5, 0.6) is 5.75 Å². The first-order chi connectivity index (χ1) is 9.96. The zero-order valence-electron chi connectivity index (χ0n) is 13.4. The number of hydrogen-bond acceptors (Lipinski definition) is 4. The molecule has 0 fully saturated rings. The summed E-state index contributed by atoms with van der Waals surface area (Å²) >= 11 is 0. The molecule has 1 aromatic rings. The van der Waals surface area contributed by atoms with E-state index in [1.54, 1.807) is 14.0 Å². The highest BCUT2D eigenvalue weighted by atomic mass is 32.2. The van der Waals surface area contributed by atoms with Crippen molar-refractivity contribution in [1.29, 1.82) is 0 Å². The smallest absolute Gasteiger partial charge is 0.154 e. The largest absolute Gasteiger partial charge is 0.496 e. The minimum absolute atomic E-state index is 0.0996. The molecule has 1 rings (SSSR count). The summed E-state index contributed by atoms with van der Waals surface area (Å²) in [5.41, 5.74) is 0.903. The Hall–Kier alpha value is -1.07. The third-order valence-electron chi connectivity index (χ3n) is 3.74. The van der Waals surface area contributed by atoms with E-state index >= 15 is 0 Å². The van der Waals surface area contributed by atoms with Crippen molar-refractivity contribution >= 4 is 9.84 Å². The van der Waals surface area contributed by atoms with E-state index < -0.39 is 9.84 Å². The quantitative estimate of drug-likeness (QED) is 0.761. The molecular formula is C16H27NO3S. The fourth-order valence-corrected chi connectivity index (χ4v) is 3.78. The molecule has 1 aromatic carbocycles. The number of sulfone groups is 1. The molecule has 0 aliphatic rings. The van der Waals surface area contributed by atoms with E-state index in [-0.39, 0.29) is 17.0 Å². The molecule has 1 N–H and O–H groups in total. The number of rotatable bonds is 9. The highest BCUT2D eigenvalue weighted by Crippen LogP contribution is 2.27. The van der Waals surface area contributed by atoms with Gasteiger partial charge in [-0.1, -0.05) is 32.0 Å². The number of para-hydroxylation sites is 1. The van der Waals surface area contributed by atoms with Crippen molar-refractivity contribution in [2.75, 3.05) is 19.4 Å². The number of benzene rings is 1. The van der Waals surface area contributed by atoms with Crippen LogP contribution in [0.1, 0.15) is 45.2 Å². The molecule has 120 valence electrons. The van der Waals surface area contributed by atoms with Crippen molar-refractivity contribution in [3.05, 3.63) is 29.8 Å². The van der Waals surface area contributed by atoms with E-state index in [2.05, 4.69) is 12.2 Å². The van der Waals surface area contributed by atoms with Gasteiger partial charge in [0.25, 0.3) is 0 Å². The Bertz CT molecular complexity index is 528. The Kier molecular flexibility index (Phi) is 7.18. The summed E-state index contributed by atoms with van der Waals surface area (Å²) in [4.78, 5) is 0. The van der Waals surface area contributed by atoms with Crippen LogP contribution in [0.3, 0.4) is 0 Å². The molecule has 0 saturated carbocycles. The molecule has 0 aliphatic heterocycles. The van der Waals surface area contributed by atoms with Gasteiger partial charge in [-0.15, -0.1) is 0 Å². The lowest BCUT2D eigenvalue weighted by Crippen LogP contribution is -2.32. The van der Waals surface area contributed by atoms with Gasteiger partial charge in [-0.05, 0) is 32.4 Å². The van der Waals surface area contributed by atoms with Crippen LogP contribution >= 0.6 is 0 Å². The predicted octanol–water partition coefficient (Wildman–Crippen LogP) is 2.95. The molecule has 0 spiro atoms. The molecule has 0 heterocycles. The highest BCUT2D eigenvalue weighted by Gasteiger charge is 2.26. The Morgan fingerprint density at radius 1 is 1.24 bits per heavy atom. The van der Waals surface area contributed by atoms with Crippen molar-refractivity contribution in [2.24, 2.45) is 0 Å². The van der Waals surface area contributed by atoms with Gasteiger partial charge in [-0.2, -0.15) is 0 Å². The van der Waals surface area contributed by atoms with Crippen LogP contribution in [-0.2, 0) is 9.84 Å². The summed E-state index contributed by atoms with van der Waals surface area (Å²) in [6.45, 7) is 6.52.